The smallest absolute Gasteiger partial charge is 0.317 e. The molecule has 7 heteroatoms. The molecule has 1 saturated heterocycles. The summed E-state index contributed by atoms with van der Waals surface area (Å²) in [5.41, 5.74) is 4.12. The van der Waals surface area contributed by atoms with Crippen molar-refractivity contribution >= 4 is 11.7 Å². The number of piperazine rings is 1. The normalized spacial score (nSPS) is 13.9. The predicted octanol–water partition coefficient (Wildman–Crippen LogP) is 3.22. The summed E-state index contributed by atoms with van der Waals surface area (Å²) in [4.78, 5) is 20.9. The number of aromatic nitrogens is 2. The number of benzene rings is 2. The number of hydrogen-bond acceptors (Lipinski definition) is 4. The first-order valence-electron chi connectivity index (χ1n) is 10.1. The van der Waals surface area contributed by atoms with Crippen LogP contribution in [0, 0.1) is 6.92 Å². The van der Waals surface area contributed by atoms with E-state index < -0.39 is 0 Å². The quantitative estimate of drug-likeness (QED) is 0.708. The first-order valence-corrected chi connectivity index (χ1v) is 10.1. The molecule has 0 bridgehead atoms. The molecule has 4 rings (SSSR count). The number of carbonyl (C=O) groups excluding carboxylic acids is 1. The van der Waals surface area contributed by atoms with Gasteiger partial charge >= 0.3 is 6.03 Å². The molecule has 0 atom stereocenters. The van der Waals surface area contributed by atoms with E-state index in [9.17, 15) is 4.79 Å². The van der Waals surface area contributed by atoms with Gasteiger partial charge in [0, 0.05) is 50.7 Å². The molecular weight excluding hydrogens is 378 g/mol. The van der Waals surface area contributed by atoms with E-state index in [1.54, 1.807) is 13.4 Å². The van der Waals surface area contributed by atoms with Gasteiger partial charge in [-0.25, -0.2) is 9.78 Å². The molecule has 0 aliphatic carbocycles. The van der Waals surface area contributed by atoms with Crippen LogP contribution in [0.2, 0.25) is 0 Å². The fourth-order valence-corrected chi connectivity index (χ4v) is 3.68. The minimum Gasteiger partial charge on any atom is -0.494 e. The topological polar surface area (TPSA) is 62.6 Å². The molecule has 2 heterocycles. The van der Waals surface area contributed by atoms with Crippen molar-refractivity contribution in [2.75, 3.05) is 38.2 Å². The number of imidazole rings is 1. The summed E-state index contributed by atoms with van der Waals surface area (Å²) in [6.45, 7) is 5.45. The lowest BCUT2D eigenvalue weighted by Crippen LogP contribution is -2.51. The van der Waals surface area contributed by atoms with Crippen LogP contribution in [0.15, 0.2) is 61.1 Å². The average molecular weight is 406 g/mol. The van der Waals surface area contributed by atoms with Gasteiger partial charge in [0.05, 0.1) is 24.8 Å². The molecule has 1 N–H and O–H groups in total. The van der Waals surface area contributed by atoms with Crippen LogP contribution in [0.3, 0.4) is 0 Å². The maximum Gasteiger partial charge on any atom is 0.317 e. The van der Waals surface area contributed by atoms with Crippen LogP contribution in [-0.4, -0.2) is 53.8 Å². The first-order chi connectivity index (χ1) is 14.6. The van der Waals surface area contributed by atoms with Gasteiger partial charge < -0.3 is 24.4 Å². The third-order valence-corrected chi connectivity index (χ3v) is 5.37. The lowest BCUT2D eigenvalue weighted by molar-refractivity contribution is 0.194. The Hall–Kier alpha value is -3.48. The molecule has 2 amide bonds. The summed E-state index contributed by atoms with van der Waals surface area (Å²) in [5.74, 6) is 0.799. The van der Waals surface area contributed by atoms with E-state index in [0.29, 0.717) is 19.6 Å². The number of ether oxygens (including phenoxy) is 1. The number of amides is 2. The van der Waals surface area contributed by atoms with Crippen LogP contribution in [0.4, 0.5) is 10.5 Å². The van der Waals surface area contributed by atoms with Crippen LogP contribution in [0.5, 0.6) is 5.75 Å². The van der Waals surface area contributed by atoms with E-state index in [2.05, 4.69) is 27.3 Å². The van der Waals surface area contributed by atoms with Gasteiger partial charge in [-0.15, -0.1) is 0 Å². The molecule has 30 heavy (non-hydrogen) atoms. The van der Waals surface area contributed by atoms with Gasteiger partial charge in [-0.05, 0) is 24.6 Å². The minimum absolute atomic E-state index is 0.0121. The van der Waals surface area contributed by atoms with Gasteiger partial charge in [0.2, 0.25) is 0 Å². The van der Waals surface area contributed by atoms with Crippen molar-refractivity contribution in [3.05, 3.63) is 72.3 Å². The molecule has 7 nitrogen and oxygen atoms in total. The van der Waals surface area contributed by atoms with Crippen molar-refractivity contribution < 1.29 is 9.53 Å². The highest BCUT2D eigenvalue weighted by molar-refractivity contribution is 5.74. The fraction of sp³-hybridized carbons (Fsp3) is 0.304. The standard InChI is InChI=1S/C23H27N5O2/c1-18-16-28(17-25-18)21-9-8-20(14-22(21)30-2)26-10-12-27(13-11-26)23(29)24-15-19-6-4-3-5-7-19/h3-9,14,16-17H,10-13,15H2,1-2H3,(H,24,29). The highest BCUT2D eigenvalue weighted by Crippen LogP contribution is 2.29. The van der Waals surface area contributed by atoms with E-state index in [-0.39, 0.29) is 6.03 Å². The Labute approximate surface area is 176 Å². The molecule has 0 saturated carbocycles. The SMILES string of the molecule is COc1cc(N2CCN(C(=O)NCc3ccccc3)CC2)ccc1-n1cnc(C)c1. The lowest BCUT2D eigenvalue weighted by atomic mass is 10.2. The zero-order valence-corrected chi connectivity index (χ0v) is 17.4. The Bertz CT molecular complexity index is 994. The Balaban J connectivity index is 1.36. The number of aryl methyl sites for hydroxylation is 1. The lowest BCUT2D eigenvalue weighted by Gasteiger charge is -2.36. The van der Waals surface area contributed by atoms with Crippen LogP contribution < -0.4 is 15.0 Å². The summed E-state index contributed by atoms with van der Waals surface area (Å²) in [6.07, 6.45) is 3.77. The third-order valence-electron chi connectivity index (χ3n) is 5.37. The van der Waals surface area contributed by atoms with E-state index >= 15 is 0 Å². The van der Waals surface area contributed by atoms with Crippen molar-refractivity contribution in [1.82, 2.24) is 19.8 Å². The Morgan fingerprint density at radius 3 is 2.53 bits per heavy atom. The summed E-state index contributed by atoms with van der Waals surface area (Å²) >= 11 is 0. The van der Waals surface area contributed by atoms with Crippen molar-refractivity contribution in [2.45, 2.75) is 13.5 Å². The number of nitrogens with one attached hydrogen (secondary N) is 1. The molecule has 1 fully saturated rings. The van der Waals surface area contributed by atoms with E-state index in [4.69, 9.17) is 4.74 Å². The molecule has 0 radical (unpaired) electrons. The van der Waals surface area contributed by atoms with Crippen LogP contribution in [-0.2, 0) is 6.54 Å². The van der Waals surface area contributed by atoms with Gasteiger partial charge in [0.1, 0.15) is 5.75 Å². The summed E-state index contributed by atoms with van der Waals surface area (Å²) < 4.78 is 7.59. The van der Waals surface area contributed by atoms with Crippen molar-refractivity contribution in [3.8, 4) is 11.4 Å². The van der Waals surface area contributed by atoms with Gasteiger partial charge in [0.25, 0.3) is 0 Å². The summed E-state index contributed by atoms with van der Waals surface area (Å²) in [5, 5.41) is 3.01. The second-order valence-electron chi connectivity index (χ2n) is 7.40. The molecular formula is C23H27N5O2. The Kier molecular flexibility index (Phi) is 5.88. The number of carbonyl (C=O) groups is 1. The third kappa shape index (κ3) is 4.40. The zero-order chi connectivity index (χ0) is 20.9. The molecule has 1 aromatic heterocycles. The highest BCUT2D eigenvalue weighted by Gasteiger charge is 2.22. The number of methoxy groups -OCH3 is 1. The van der Waals surface area contributed by atoms with E-state index in [0.717, 1.165) is 41.5 Å². The zero-order valence-electron chi connectivity index (χ0n) is 17.4. The second kappa shape index (κ2) is 8.90. The molecule has 0 spiro atoms. The Morgan fingerprint density at radius 1 is 1.10 bits per heavy atom. The number of rotatable bonds is 5. The largest absolute Gasteiger partial charge is 0.494 e. The molecule has 1 aliphatic heterocycles. The first kappa shape index (κ1) is 19.8. The fourth-order valence-electron chi connectivity index (χ4n) is 3.68. The van der Waals surface area contributed by atoms with E-state index in [1.807, 2.05) is 59.0 Å². The van der Waals surface area contributed by atoms with Crippen LogP contribution in [0.25, 0.3) is 5.69 Å². The summed E-state index contributed by atoms with van der Waals surface area (Å²) in [6, 6.07) is 16.1. The Morgan fingerprint density at radius 2 is 1.87 bits per heavy atom. The average Bonchev–Trinajstić information content (AvgIpc) is 3.24. The van der Waals surface area contributed by atoms with Crippen molar-refractivity contribution in [3.63, 3.8) is 0 Å². The van der Waals surface area contributed by atoms with Gasteiger partial charge in [-0.3, -0.25) is 0 Å². The van der Waals surface area contributed by atoms with Crippen molar-refractivity contribution in [2.24, 2.45) is 0 Å². The predicted molar refractivity (Wildman–Crippen MR) is 117 cm³/mol. The maximum absolute atomic E-state index is 12.5. The van der Waals surface area contributed by atoms with E-state index in [1.165, 1.54) is 0 Å². The second-order valence-corrected chi connectivity index (χ2v) is 7.40. The monoisotopic (exact) mass is 405 g/mol. The van der Waals surface area contributed by atoms with Gasteiger partial charge in [0.15, 0.2) is 0 Å². The maximum atomic E-state index is 12.5. The molecule has 0 unspecified atom stereocenters. The number of hydrogen-bond donors (Lipinski definition) is 1. The van der Waals surface area contributed by atoms with Crippen LogP contribution >= 0.6 is 0 Å². The molecule has 2 aromatic carbocycles. The van der Waals surface area contributed by atoms with Crippen LogP contribution in [0.1, 0.15) is 11.3 Å². The highest BCUT2D eigenvalue weighted by atomic mass is 16.5. The van der Waals surface area contributed by atoms with Gasteiger partial charge in [-0.2, -0.15) is 0 Å². The molecule has 3 aromatic rings. The molecule has 156 valence electrons. The number of nitrogens with zero attached hydrogens (tertiary/aromatic N) is 4. The summed E-state index contributed by atoms with van der Waals surface area (Å²) in [7, 11) is 1.68. The molecule has 1 aliphatic rings. The number of anilines is 1. The van der Waals surface area contributed by atoms with Gasteiger partial charge in [-0.1, -0.05) is 30.3 Å². The van der Waals surface area contributed by atoms with Crippen molar-refractivity contribution in [1.29, 1.82) is 0 Å². The minimum atomic E-state index is -0.0121. The number of urea groups is 1.